The smallest absolute Gasteiger partial charge is 0.306 e. The van der Waals surface area contributed by atoms with Gasteiger partial charge in [-0.15, -0.1) is 0 Å². The zero-order valence-electron chi connectivity index (χ0n) is 41.2. The number of rotatable bonds is 46. The second kappa shape index (κ2) is 50.0. The van der Waals surface area contributed by atoms with E-state index in [1.54, 1.807) is 0 Å². The van der Waals surface area contributed by atoms with Crippen LogP contribution in [0.5, 0.6) is 0 Å². The number of carbonyl (C=O) groups excluding carboxylic acids is 2. The van der Waals surface area contributed by atoms with Crippen molar-refractivity contribution in [3.8, 4) is 0 Å². The van der Waals surface area contributed by atoms with Gasteiger partial charge >= 0.3 is 5.97 Å². The molecule has 0 fully saturated rings. The third kappa shape index (κ3) is 45.4. The average Bonchev–Trinajstić information content (AvgIpc) is 3.28. The molecule has 0 rings (SSSR count). The summed E-state index contributed by atoms with van der Waals surface area (Å²) in [7, 11) is 0. The lowest BCUT2D eigenvalue weighted by Crippen LogP contribution is -2.46. The molecule has 0 saturated carbocycles. The number of hydrogen-bond acceptors (Lipinski definition) is 5. The first-order valence-electron chi connectivity index (χ1n) is 26.4. The molecule has 0 aliphatic carbocycles. The van der Waals surface area contributed by atoms with E-state index in [4.69, 9.17) is 4.74 Å². The topological polar surface area (TPSA) is 95.9 Å². The van der Waals surface area contributed by atoms with Crippen LogP contribution in [0.2, 0.25) is 0 Å². The van der Waals surface area contributed by atoms with Gasteiger partial charge in [-0.05, 0) is 64.2 Å². The predicted molar refractivity (Wildman–Crippen MR) is 273 cm³/mol. The maximum atomic E-state index is 13.2. The van der Waals surface area contributed by atoms with Crippen LogP contribution in [-0.4, -0.2) is 46.9 Å². The van der Waals surface area contributed by atoms with Gasteiger partial charge < -0.3 is 20.3 Å². The SMILES string of the molecule is CCC/C=C/C=C/C=C/C=C/C=C/CCCCCC(CC(=O)NC(CO)C(O)CCCCCCCCCCCCCCCCC)OC(=O)CC/C=C/C/C=C\CCCCCCCC. The molecule has 0 aliphatic heterocycles. The van der Waals surface area contributed by atoms with Crippen molar-refractivity contribution in [2.24, 2.45) is 0 Å². The Balaban J connectivity index is 4.73. The number of carbonyl (C=O) groups is 2. The molecule has 6 nitrogen and oxygen atoms in total. The summed E-state index contributed by atoms with van der Waals surface area (Å²) >= 11 is 0. The maximum Gasteiger partial charge on any atom is 0.306 e. The highest BCUT2D eigenvalue weighted by Crippen LogP contribution is 2.17. The lowest BCUT2D eigenvalue weighted by atomic mass is 10.0. The summed E-state index contributed by atoms with van der Waals surface area (Å²) < 4.78 is 5.88. The minimum atomic E-state index is -0.812. The first kappa shape index (κ1) is 60.0. The largest absolute Gasteiger partial charge is 0.462 e. The zero-order chi connectivity index (χ0) is 45.9. The van der Waals surface area contributed by atoms with Crippen LogP contribution in [0.15, 0.2) is 85.1 Å². The van der Waals surface area contributed by atoms with E-state index in [2.05, 4.69) is 68.6 Å². The van der Waals surface area contributed by atoms with E-state index in [0.29, 0.717) is 19.3 Å². The summed E-state index contributed by atoms with van der Waals surface area (Å²) in [4.78, 5) is 26.1. The number of allylic oxidation sites excluding steroid dienone is 14. The first-order chi connectivity index (χ1) is 31.0. The molecule has 6 heteroatoms. The van der Waals surface area contributed by atoms with Crippen molar-refractivity contribution >= 4 is 11.9 Å². The number of aliphatic hydroxyl groups is 2. The van der Waals surface area contributed by atoms with Crippen molar-refractivity contribution in [3.05, 3.63) is 85.1 Å². The van der Waals surface area contributed by atoms with Crippen LogP contribution in [0.4, 0.5) is 0 Å². The van der Waals surface area contributed by atoms with Crippen molar-refractivity contribution < 1.29 is 24.5 Å². The standard InChI is InChI=1S/C57H99NO5/c1-4-7-10-13-16-19-22-25-27-29-31-33-36-39-42-45-48-53(63-57(62)50-47-44-41-38-35-30-24-21-18-15-12-9-6-3)51-56(61)58-54(52-59)55(60)49-46-43-40-37-34-32-28-26-23-20-17-14-11-8-5-2/h10,13,16,19,22,25,27,29-31,33,35,41,44,53-55,59-60H,4-9,11-12,14-15,17-18,20-21,23-24,26,28,32,34,36-40,42-43,45-52H2,1-3H3,(H,58,61)/b13-10+,19-16+,25-22+,29-27+,33-31+,35-30-,44-41+. The van der Waals surface area contributed by atoms with E-state index in [9.17, 15) is 19.8 Å². The molecule has 1 amide bonds. The molecule has 0 heterocycles. The van der Waals surface area contributed by atoms with Crippen molar-refractivity contribution in [2.75, 3.05) is 6.61 Å². The Kier molecular flexibility index (Phi) is 47.7. The van der Waals surface area contributed by atoms with Crippen LogP contribution >= 0.6 is 0 Å². The summed E-state index contributed by atoms with van der Waals surface area (Å²) in [6, 6.07) is -0.731. The van der Waals surface area contributed by atoms with Crippen LogP contribution in [-0.2, 0) is 14.3 Å². The van der Waals surface area contributed by atoms with Gasteiger partial charge in [-0.25, -0.2) is 0 Å². The number of unbranched alkanes of at least 4 members (excludes halogenated alkanes) is 24. The van der Waals surface area contributed by atoms with E-state index in [1.165, 1.54) is 122 Å². The van der Waals surface area contributed by atoms with E-state index in [0.717, 1.165) is 64.2 Å². The highest BCUT2D eigenvalue weighted by Gasteiger charge is 2.24. The first-order valence-corrected chi connectivity index (χ1v) is 26.4. The minimum Gasteiger partial charge on any atom is -0.462 e. The fourth-order valence-corrected chi connectivity index (χ4v) is 7.57. The van der Waals surface area contributed by atoms with Crippen LogP contribution in [0, 0.1) is 0 Å². The van der Waals surface area contributed by atoms with Gasteiger partial charge in [0.25, 0.3) is 0 Å². The third-order valence-corrected chi connectivity index (χ3v) is 11.6. The second-order valence-corrected chi connectivity index (χ2v) is 17.7. The second-order valence-electron chi connectivity index (χ2n) is 17.7. The number of ether oxygens (including phenoxy) is 1. The summed E-state index contributed by atoms with van der Waals surface area (Å²) in [5.74, 6) is -0.600. The molecule has 362 valence electrons. The van der Waals surface area contributed by atoms with Crippen LogP contribution in [0.25, 0.3) is 0 Å². The van der Waals surface area contributed by atoms with Crippen molar-refractivity contribution in [1.29, 1.82) is 0 Å². The summed E-state index contributed by atoms with van der Waals surface area (Å²) in [6.45, 7) is 6.36. The number of esters is 1. The Morgan fingerprint density at radius 3 is 1.43 bits per heavy atom. The maximum absolute atomic E-state index is 13.2. The normalized spacial score (nSPS) is 13.9. The highest BCUT2D eigenvalue weighted by atomic mass is 16.5. The van der Waals surface area contributed by atoms with Crippen molar-refractivity contribution in [3.63, 3.8) is 0 Å². The molecule has 0 bridgehead atoms. The Hall–Kier alpha value is -2.96. The van der Waals surface area contributed by atoms with E-state index in [1.807, 2.05) is 42.5 Å². The van der Waals surface area contributed by atoms with Gasteiger partial charge in [0.15, 0.2) is 0 Å². The average molecular weight is 878 g/mol. The van der Waals surface area contributed by atoms with Crippen molar-refractivity contribution in [1.82, 2.24) is 5.32 Å². The van der Waals surface area contributed by atoms with E-state index in [-0.39, 0.29) is 31.3 Å². The minimum absolute atomic E-state index is 0.0234. The highest BCUT2D eigenvalue weighted by molar-refractivity contribution is 5.77. The summed E-state index contributed by atoms with van der Waals surface area (Å²) in [5.41, 5.74) is 0. The van der Waals surface area contributed by atoms with Crippen LogP contribution in [0.1, 0.15) is 239 Å². The quantitative estimate of drug-likeness (QED) is 0.0245. The molecule has 0 aliphatic rings. The van der Waals surface area contributed by atoms with Crippen LogP contribution < -0.4 is 5.32 Å². The van der Waals surface area contributed by atoms with E-state index >= 15 is 0 Å². The van der Waals surface area contributed by atoms with E-state index < -0.39 is 18.2 Å². The van der Waals surface area contributed by atoms with Gasteiger partial charge in [-0.1, -0.05) is 247 Å². The zero-order valence-corrected chi connectivity index (χ0v) is 41.2. The molecule has 0 spiro atoms. The van der Waals surface area contributed by atoms with Gasteiger partial charge in [0.05, 0.1) is 25.2 Å². The molecular weight excluding hydrogens is 779 g/mol. The lowest BCUT2D eigenvalue weighted by Gasteiger charge is -2.24. The van der Waals surface area contributed by atoms with Gasteiger partial charge in [-0.3, -0.25) is 9.59 Å². The molecular formula is C57H99NO5. The molecule has 0 saturated heterocycles. The fraction of sp³-hybridized carbons (Fsp3) is 0.719. The monoisotopic (exact) mass is 878 g/mol. The number of nitrogens with one attached hydrogen (secondary N) is 1. The number of hydrogen-bond donors (Lipinski definition) is 3. The molecule has 0 radical (unpaired) electrons. The fourth-order valence-electron chi connectivity index (χ4n) is 7.57. The lowest BCUT2D eigenvalue weighted by molar-refractivity contribution is -0.150. The molecule has 63 heavy (non-hydrogen) atoms. The van der Waals surface area contributed by atoms with Crippen LogP contribution in [0.3, 0.4) is 0 Å². The Morgan fingerprint density at radius 1 is 0.476 bits per heavy atom. The Morgan fingerprint density at radius 2 is 0.905 bits per heavy atom. The number of aliphatic hydroxyl groups excluding tert-OH is 2. The number of amides is 1. The van der Waals surface area contributed by atoms with Gasteiger partial charge in [0.2, 0.25) is 5.91 Å². The predicted octanol–water partition coefficient (Wildman–Crippen LogP) is 16.0. The van der Waals surface area contributed by atoms with Gasteiger partial charge in [0.1, 0.15) is 6.10 Å². The molecule has 3 N–H and O–H groups in total. The van der Waals surface area contributed by atoms with Gasteiger partial charge in [0, 0.05) is 6.42 Å². The molecule has 0 aromatic heterocycles. The Bertz CT molecular complexity index is 1210. The molecule has 3 atom stereocenters. The summed E-state index contributed by atoms with van der Waals surface area (Å²) in [6.07, 6.45) is 65.0. The molecule has 3 unspecified atom stereocenters. The summed E-state index contributed by atoms with van der Waals surface area (Å²) in [5, 5.41) is 23.8. The Labute approximate surface area is 389 Å². The van der Waals surface area contributed by atoms with Gasteiger partial charge in [-0.2, -0.15) is 0 Å². The molecule has 0 aromatic carbocycles. The van der Waals surface area contributed by atoms with Crippen molar-refractivity contribution in [2.45, 2.75) is 257 Å². The third-order valence-electron chi connectivity index (χ3n) is 11.6. The molecule has 0 aromatic rings.